The maximum Gasteiger partial charge on any atom is 0.274 e. The van der Waals surface area contributed by atoms with Crippen molar-refractivity contribution >= 4 is 28.6 Å². The van der Waals surface area contributed by atoms with Crippen LogP contribution in [-0.2, 0) is 11.2 Å². The Bertz CT molecular complexity index is 905. The Kier molecular flexibility index (Phi) is 4.85. The number of nitrogens with zero attached hydrogens (tertiary/aromatic N) is 3. The first kappa shape index (κ1) is 16.8. The van der Waals surface area contributed by atoms with Crippen LogP contribution in [0.15, 0.2) is 39.4 Å². The molecule has 0 saturated heterocycles. The topological polar surface area (TPSA) is 111 Å². The van der Waals surface area contributed by atoms with Crippen LogP contribution in [0.5, 0.6) is 0 Å². The molecule has 0 radical (unpaired) electrons. The molecule has 1 N–H and O–H groups in total. The van der Waals surface area contributed by atoms with Crippen LogP contribution in [0.4, 0.5) is 11.4 Å². The van der Waals surface area contributed by atoms with Gasteiger partial charge in [-0.15, -0.1) is 10.2 Å². The Labute approximate surface area is 146 Å². The number of hydrogen-bond donors (Lipinski definition) is 1. The molecule has 0 spiro atoms. The molecule has 3 rings (SSSR count). The summed E-state index contributed by atoms with van der Waals surface area (Å²) in [5.41, 5.74) is 1.73. The predicted molar refractivity (Wildman–Crippen MR) is 92.4 cm³/mol. The van der Waals surface area contributed by atoms with Crippen LogP contribution in [0.3, 0.4) is 0 Å². The summed E-state index contributed by atoms with van der Waals surface area (Å²) in [6, 6.07) is 6.44. The standard InChI is InChI=1S/C16H14N4O4S/c1-10-2-3-12(8-13(10)20(22)23)17-14(21)4-5-15-18-19-16(24-15)11-6-7-25-9-11/h2-3,6-9H,4-5H2,1H3,(H,17,21). The molecule has 2 heterocycles. The lowest BCUT2D eigenvalue weighted by Gasteiger charge is -2.05. The summed E-state index contributed by atoms with van der Waals surface area (Å²) < 4.78 is 5.51. The summed E-state index contributed by atoms with van der Waals surface area (Å²) in [4.78, 5) is 22.5. The maximum atomic E-state index is 12.0. The van der Waals surface area contributed by atoms with E-state index in [9.17, 15) is 14.9 Å². The van der Waals surface area contributed by atoms with Crippen LogP contribution in [0.2, 0.25) is 0 Å². The minimum absolute atomic E-state index is 0.0323. The van der Waals surface area contributed by atoms with Crippen molar-refractivity contribution in [3.8, 4) is 11.5 Å². The van der Waals surface area contributed by atoms with Crippen LogP contribution in [0.1, 0.15) is 17.9 Å². The van der Waals surface area contributed by atoms with Crippen molar-refractivity contribution in [2.75, 3.05) is 5.32 Å². The van der Waals surface area contributed by atoms with Gasteiger partial charge in [-0.1, -0.05) is 6.07 Å². The van der Waals surface area contributed by atoms with Gasteiger partial charge in [-0.3, -0.25) is 14.9 Å². The second kappa shape index (κ2) is 7.22. The van der Waals surface area contributed by atoms with Gasteiger partial charge in [0, 0.05) is 41.1 Å². The Morgan fingerprint density at radius 2 is 2.20 bits per heavy atom. The van der Waals surface area contributed by atoms with Gasteiger partial charge in [-0.25, -0.2) is 0 Å². The van der Waals surface area contributed by atoms with Gasteiger partial charge in [0.2, 0.25) is 17.7 Å². The van der Waals surface area contributed by atoms with E-state index in [1.165, 1.54) is 17.4 Å². The zero-order valence-corrected chi connectivity index (χ0v) is 14.1. The number of anilines is 1. The summed E-state index contributed by atoms with van der Waals surface area (Å²) in [6.45, 7) is 1.64. The zero-order valence-electron chi connectivity index (χ0n) is 13.3. The van der Waals surface area contributed by atoms with Crippen molar-refractivity contribution in [3.63, 3.8) is 0 Å². The molecule has 1 amide bonds. The molecular weight excluding hydrogens is 344 g/mol. The number of nitro benzene ring substituents is 1. The van der Waals surface area contributed by atoms with Crippen molar-refractivity contribution in [3.05, 3.63) is 56.6 Å². The second-order valence-corrected chi connectivity index (χ2v) is 6.10. The number of carbonyl (C=O) groups is 1. The second-order valence-electron chi connectivity index (χ2n) is 5.32. The number of carbonyl (C=O) groups excluding carboxylic acids is 1. The molecule has 0 aliphatic heterocycles. The molecule has 0 fully saturated rings. The average Bonchev–Trinajstić information content (AvgIpc) is 3.25. The molecule has 9 heteroatoms. The molecule has 128 valence electrons. The Morgan fingerprint density at radius 1 is 1.36 bits per heavy atom. The van der Waals surface area contributed by atoms with Gasteiger partial charge in [0.1, 0.15) is 0 Å². The van der Waals surface area contributed by atoms with E-state index in [4.69, 9.17) is 4.42 Å². The summed E-state index contributed by atoms with van der Waals surface area (Å²) in [5, 5.41) is 25.2. The number of nitrogens with one attached hydrogen (secondary N) is 1. The van der Waals surface area contributed by atoms with E-state index in [1.54, 1.807) is 19.1 Å². The fraction of sp³-hybridized carbons (Fsp3) is 0.188. The molecule has 1 aromatic carbocycles. The van der Waals surface area contributed by atoms with Crippen LogP contribution in [0.25, 0.3) is 11.5 Å². The van der Waals surface area contributed by atoms with Gasteiger partial charge >= 0.3 is 0 Å². The van der Waals surface area contributed by atoms with E-state index < -0.39 is 4.92 Å². The van der Waals surface area contributed by atoms with Crippen molar-refractivity contribution in [1.82, 2.24) is 10.2 Å². The zero-order chi connectivity index (χ0) is 17.8. The summed E-state index contributed by atoms with van der Waals surface area (Å²) in [6.07, 6.45) is 0.421. The van der Waals surface area contributed by atoms with Gasteiger partial charge < -0.3 is 9.73 Å². The predicted octanol–water partition coefficient (Wildman–Crippen LogP) is 3.59. The minimum Gasteiger partial charge on any atom is -0.421 e. The molecule has 2 aromatic heterocycles. The van der Waals surface area contributed by atoms with E-state index in [0.29, 0.717) is 23.0 Å². The number of nitro groups is 1. The molecule has 8 nitrogen and oxygen atoms in total. The third-order valence-electron chi connectivity index (χ3n) is 3.49. The van der Waals surface area contributed by atoms with E-state index in [2.05, 4.69) is 15.5 Å². The highest BCUT2D eigenvalue weighted by Crippen LogP contribution is 2.23. The van der Waals surface area contributed by atoms with Gasteiger partial charge in [-0.2, -0.15) is 11.3 Å². The average molecular weight is 358 g/mol. The van der Waals surface area contributed by atoms with Crippen LogP contribution in [-0.4, -0.2) is 21.0 Å². The molecule has 0 saturated carbocycles. The number of amides is 1. The lowest BCUT2D eigenvalue weighted by Crippen LogP contribution is -2.12. The SMILES string of the molecule is Cc1ccc(NC(=O)CCc2nnc(-c3ccsc3)o2)cc1[N+](=O)[O-]. The monoisotopic (exact) mass is 358 g/mol. The van der Waals surface area contributed by atoms with Gasteiger partial charge in [0.05, 0.1) is 4.92 Å². The summed E-state index contributed by atoms with van der Waals surface area (Å²) >= 11 is 1.53. The minimum atomic E-state index is -0.477. The molecule has 3 aromatic rings. The number of rotatable bonds is 6. The molecule has 0 aliphatic rings. The highest BCUT2D eigenvalue weighted by atomic mass is 32.1. The third-order valence-corrected chi connectivity index (χ3v) is 4.17. The number of thiophene rings is 1. The molecule has 0 atom stereocenters. The highest BCUT2D eigenvalue weighted by molar-refractivity contribution is 7.08. The fourth-order valence-corrected chi connectivity index (χ4v) is 2.81. The summed E-state index contributed by atoms with van der Waals surface area (Å²) in [7, 11) is 0. The number of hydrogen-bond acceptors (Lipinski definition) is 7. The molecule has 25 heavy (non-hydrogen) atoms. The Balaban J connectivity index is 1.58. The molecular formula is C16H14N4O4S. The van der Waals surface area contributed by atoms with Crippen molar-refractivity contribution in [2.45, 2.75) is 19.8 Å². The first-order valence-corrected chi connectivity index (χ1v) is 8.37. The van der Waals surface area contributed by atoms with E-state index in [0.717, 1.165) is 5.56 Å². The third kappa shape index (κ3) is 4.07. The largest absolute Gasteiger partial charge is 0.421 e. The number of benzene rings is 1. The van der Waals surface area contributed by atoms with Crippen LogP contribution >= 0.6 is 11.3 Å². The van der Waals surface area contributed by atoms with Crippen molar-refractivity contribution < 1.29 is 14.1 Å². The van der Waals surface area contributed by atoms with Crippen LogP contribution in [0, 0.1) is 17.0 Å². The Hall–Kier alpha value is -3.07. The van der Waals surface area contributed by atoms with Gasteiger partial charge in [-0.05, 0) is 24.4 Å². The van der Waals surface area contributed by atoms with Crippen LogP contribution < -0.4 is 5.32 Å². The number of aromatic nitrogens is 2. The van der Waals surface area contributed by atoms with E-state index >= 15 is 0 Å². The van der Waals surface area contributed by atoms with Gasteiger partial charge in [0.15, 0.2) is 0 Å². The highest BCUT2D eigenvalue weighted by Gasteiger charge is 2.14. The molecule has 0 bridgehead atoms. The van der Waals surface area contributed by atoms with E-state index in [1.807, 2.05) is 16.8 Å². The quantitative estimate of drug-likeness (QED) is 0.532. The Morgan fingerprint density at radius 3 is 2.92 bits per heavy atom. The first-order chi connectivity index (χ1) is 12.0. The van der Waals surface area contributed by atoms with Crippen molar-refractivity contribution in [1.29, 1.82) is 0 Å². The lowest BCUT2D eigenvalue weighted by atomic mass is 10.2. The first-order valence-electron chi connectivity index (χ1n) is 7.43. The van der Waals surface area contributed by atoms with Crippen molar-refractivity contribution in [2.24, 2.45) is 0 Å². The normalized spacial score (nSPS) is 10.6. The fourth-order valence-electron chi connectivity index (χ4n) is 2.19. The molecule has 0 aliphatic carbocycles. The lowest BCUT2D eigenvalue weighted by molar-refractivity contribution is -0.385. The summed E-state index contributed by atoms with van der Waals surface area (Å²) in [5.74, 6) is 0.505. The van der Waals surface area contributed by atoms with E-state index in [-0.39, 0.29) is 24.4 Å². The molecule has 0 unspecified atom stereocenters. The van der Waals surface area contributed by atoms with Gasteiger partial charge in [0.25, 0.3) is 5.69 Å². The number of aryl methyl sites for hydroxylation is 2. The smallest absolute Gasteiger partial charge is 0.274 e. The maximum absolute atomic E-state index is 12.0.